The van der Waals surface area contributed by atoms with Crippen molar-refractivity contribution < 1.29 is 14.7 Å². The zero-order chi connectivity index (χ0) is 19.2. The van der Waals surface area contributed by atoms with Crippen LogP contribution in [0.15, 0.2) is 58.9 Å². The third-order valence-corrected chi connectivity index (χ3v) is 4.59. The smallest absolute Gasteiger partial charge is 0.255 e. The maximum Gasteiger partial charge on any atom is 0.255 e. The van der Waals surface area contributed by atoms with Crippen LogP contribution in [0.3, 0.4) is 0 Å². The molecular formula is C20H27N3O3. The molecule has 1 N–H and O–H groups in total. The molecule has 0 aliphatic carbocycles. The number of amides is 1. The highest BCUT2D eigenvalue weighted by molar-refractivity contribution is 6.01. The van der Waals surface area contributed by atoms with Crippen LogP contribution >= 0.6 is 0 Å². The van der Waals surface area contributed by atoms with Crippen LogP contribution in [0.5, 0.6) is 0 Å². The van der Waals surface area contributed by atoms with Gasteiger partial charge < -0.3 is 19.7 Å². The summed E-state index contributed by atoms with van der Waals surface area (Å²) in [5.74, 6) is -0.220. The molecule has 0 saturated heterocycles. The second-order valence-corrected chi connectivity index (χ2v) is 6.14. The molecule has 0 aromatic heterocycles. The third kappa shape index (κ3) is 4.14. The van der Waals surface area contributed by atoms with Crippen LogP contribution in [0.25, 0.3) is 0 Å². The van der Waals surface area contributed by atoms with Gasteiger partial charge in [-0.2, -0.15) is 0 Å². The Balaban J connectivity index is 2.20. The topological polar surface area (TPSA) is 65.4 Å². The van der Waals surface area contributed by atoms with Crippen molar-refractivity contribution in [2.75, 3.05) is 20.1 Å². The van der Waals surface area contributed by atoms with Gasteiger partial charge in [0.25, 0.3) is 5.91 Å². The second kappa shape index (κ2) is 8.67. The quantitative estimate of drug-likeness (QED) is 0.602. The first kappa shape index (κ1) is 19.7. The molecule has 1 aliphatic heterocycles. The van der Waals surface area contributed by atoms with Crippen LogP contribution < -0.4 is 0 Å². The summed E-state index contributed by atoms with van der Waals surface area (Å²) in [5, 5.41) is 15.2. The molecule has 1 unspecified atom stereocenters. The predicted octanol–water partition coefficient (Wildman–Crippen LogP) is 2.52. The minimum absolute atomic E-state index is 0.220. The van der Waals surface area contributed by atoms with Crippen molar-refractivity contribution in [3.05, 3.63) is 59.3 Å². The zero-order valence-electron chi connectivity index (χ0n) is 15.8. The number of aliphatic hydroxyl groups is 1. The van der Waals surface area contributed by atoms with Crippen LogP contribution in [-0.2, 0) is 16.2 Å². The van der Waals surface area contributed by atoms with E-state index < -0.39 is 5.72 Å². The van der Waals surface area contributed by atoms with Crippen molar-refractivity contribution in [2.45, 2.75) is 33.1 Å². The summed E-state index contributed by atoms with van der Waals surface area (Å²) in [6, 6.07) is 9.63. The molecule has 0 radical (unpaired) electrons. The Bertz CT molecular complexity index is 708. The van der Waals surface area contributed by atoms with E-state index in [9.17, 15) is 9.90 Å². The van der Waals surface area contributed by atoms with Gasteiger partial charge in [0.15, 0.2) is 0 Å². The van der Waals surface area contributed by atoms with Gasteiger partial charge in [0.2, 0.25) is 5.72 Å². The molecule has 0 spiro atoms. The van der Waals surface area contributed by atoms with E-state index in [4.69, 9.17) is 4.84 Å². The van der Waals surface area contributed by atoms with Crippen molar-refractivity contribution in [2.24, 2.45) is 5.16 Å². The minimum atomic E-state index is -1.66. The Morgan fingerprint density at radius 2 is 1.92 bits per heavy atom. The normalized spacial score (nSPS) is 20.0. The van der Waals surface area contributed by atoms with Crippen LogP contribution in [0.2, 0.25) is 0 Å². The van der Waals surface area contributed by atoms with Gasteiger partial charge >= 0.3 is 0 Å². The van der Waals surface area contributed by atoms with E-state index in [1.807, 2.05) is 57.2 Å². The van der Waals surface area contributed by atoms with Crippen LogP contribution in [0.4, 0.5) is 0 Å². The summed E-state index contributed by atoms with van der Waals surface area (Å²) in [6.07, 6.45) is 4.74. The van der Waals surface area contributed by atoms with E-state index in [1.54, 1.807) is 22.9 Å². The Morgan fingerprint density at radius 1 is 1.27 bits per heavy atom. The molecule has 0 saturated carbocycles. The molecule has 1 aliphatic rings. The lowest BCUT2D eigenvalue weighted by Gasteiger charge is -2.40. The average molecular weight is 357 g/mol. The third-order valence-electron chi connectivity index (χ3n) is 4.59. The predicted molar refractivity (Wildman–Crippen MR) is 102 cm³/mol. The molecule has 1 amide bonds. The first-order valence-electron chi connectivity index (χ1n) is 8.79. The molecule has 0 fully saturated rings. The van der Waals surface area contributed by atoms with Gasteiger partial charge in [-0.1, -0.05) is 35.5 Å². The highest BCUT2D eigenvalue weighted by atomic mass is 16.6. The molecule has 1 heterocycles. The molecule has 1 aromatic rings. The zero-order valence-corrected chi connectivity index (χ0v) is 15.8. The van der Waals surface area contributed by atoms with E-state index in [0.29, 0.717) is 13.1 Å². The molecule has 6 nitrogen and oxygen atoms in total. The Morgan fingerprint density at radius 3 is 2.54 bits per heavy atom. The number of carbonyl (C=O) groups is 1. The van der Waals surface area contributed by atoms with E-state index in [0.717, 1.165) is 11.3 Å². The van der Waals surface area contributed by atoms with Gasteiger partial charge in [0.05, 0.1) is 5.57 Å². The number of oxime groups is 1. The number of allylic oxidation sites excluding steroid dienone is 3. The summed E-state index contributed by atoms with van der Waals surface area (Å²) in [5.41, 5.74) is 0.383. The number of hydrogen-bond donors (Lipinski definition) is 1. The van der Waals surface area contributed by atoms with Crippen LogP contribution in [0, 0.1) is 0 Å². The van der Waals surface area contributed by atoms with Crippen LogP contribution in [-0.4, -0.2) is 52.9 Å². The lowest BCUT2D eigenvalue weighted by atomic mass is 9.96. The monoisotopic (exact) mass is 357 g/mol. The fourth-order valence-corrected chi connectivity index (χ4v) is 2.75. The Hall–Kier alpha value is -2.60. The van der Waals surface area contributed by atoms with Gasteiger partial charge in [-0.15, -0.1) is 0 Å². The first-order valence-corrected chi connectivity index (χ1v) is 8.79. The van der Waals surface area contributed by atoms with E-state index in [2.05, 4.69) is 5.16 Å². The highest BCUT2D eigenvalue weighted by Gasteiger charge is 2.42. The van der Waals surface area contributed by atoms with Crippen molar-refractivity contribution in [3.8, 4) is 0 Å². The molecule has 1 aromatic carbocycles. The highest BCUT2D eigenvalue weighted by Crippen LogP contribution is 2.29. The van der Waals surface area contributed by atoms with E-state index >= 15 is 0 Å². The number of carbonyl (C=O) groups excluding carboxylic acids is 1. The number of nitrogens with zero attached hydrogens (tertiary/aromatic N) is 3. The summed E-state index contributed by atoms with van der Waals surface area (Å²) < 4.78 is 0. The van der Waals surface area contributed by atoms with Crippen molar-refractivity contribution in [1.82, 2.24) is 9.80 Å². The first-order chi connectivity index (χ1) is 12.4. The van der Waals surface area contributed by atoms with Gasteiger partial charge in [-0.3, -0.25) is 4.79 Å². The molecule has 0 bridgehead atoms. The Labute approximate surface area is 155 Å². The summed E-state index contributed by atoms with van der Waals surface area (Å²) in [6.45, 7) is 7.10. The second-order valence-electron chi connectivity index (χ2n) is 6.14. The van der Waals surface area contributed by atoms with Gasteiger partial charge in [-0.25, -0.2) is 0 Å². The van der Waals surface area contributed by atoms with Crippen molar-refractivity contribution in [1.29, 1.82) is 0 Å². The number of likely N-dealkylation sites (N-methyl/N-ethyl adjacent to an activating group) is 2. The summed E-state index contributed by atoms with van der Waals surface area (Å²) in [7, 11) is 1.72. The minimum Gasteiger partial charge on any atom is -0.391 e. The SMILES string of the molecule is CCN(CC)C(=O)C1=CC=C(C)N(C)C1(O)C=NOCc1ccccc1. The molecule has 2 rings (SSSR count). The van der Waals surface area contributed by atoms with Crippen molar-refractivity contribution >= 4 is 12.1 Å². The maximum absolute atomic E-state index is 12.8. The summed E-state index contributed by atoms with van der Waals surface area (Å²) >= 11 is 0. The molecule has 6 heteroatoms. The van der Waals surface area contributed by atoms with Gasteiger partial charge in [0, 0.05) is 25.8 Å². The molecule has 1 atom stereocenters. The molecular weight excluding hydrogens is 330 g/mol. The number of benzene rings is 1. The van der Waals surface area contributed by atoms with Gasteiger partial charge in [0.1, 0.15) is 12.8 Å². The van der Waals surface area contributed by atoms with E-state index in [-0.39, 0.29) is 18.1 Å². The fourth-order valence-electron chi connectivity index (χ4n) is 2.75. The largest absolute Gasteiger partial charge is 0.391 e. The van der Waals surface area contributed by atoms with Gasteiger partial charge in [-0.05, 0) is 38.5 Å². The van der Waals surface area contributed by atoms with Crippen LogP contribution in [0.1, 0.15) is 26.3 Å². The average Bonchev–Trinajstić information content (AvgIpc) is 2.65. The molecule has 26 heavy (non-hydrogen) atoms. The fraction of sp³-hybridized carbons (Fsp3) is 0.400. The van der Waals surface area contributed by atoms with E-state index in [1.165, 1.54) is 6.21 Å². The lowest BCUT2D eigenvalue weighted by molar-refractivity contribution is -0.130. The van der Waals surface area contributed by atoms with Crippen molar-refractivity contribution in [3.63, 3.8) is 0 Å². The lowest BCUT2D eigenvalue weighted by Crippen LogP contribution is -2.54. The maximum atomic E-state index is 12.8. The number of hydrogen-bond acceptors (Lipinski definition) is 5. The molecule has 140 valence electrons. The Kier molecular flexibility index (Phi) is 6.58. The standard InChI is InChI=1S/C20H27N3O3/c1-5-23(6-2)19(24)18-13-12-16(3)22(4)20(18,25)15-21-26-14-17-10-8-7-9-11-17/h7-13,15,25H,5-6,14H2,1-4H3. The summed E-state index contributed by atoms with van der Waals surface area (Å²) in [4.78, 5) is 21.4. The number of rotatable bonds is 7.